The molecule has 288 valence electrons. The molecule has 0 aliphatic heterocycles. The van der Waals surface area contributed by atoms with Crippen LogP contribution in [0.1, 0.15) is 53.0 Å². The molecule has 0 unspecified atom stereocenters. The average Bonchev–Trinajstić information content (AvgIpc) is 3.66. The summed E-state index contributed by atoms with van der Waals surface area (Å²) in [6.45, 7) is 10.6. The van der Waals surface area contributed by atoms with E-state index in [-0.39, 0.29) is 11.2 Å². The van der Waals surface area contributed by atoms with Gasteiger partial charge in [0.25, 0.3) is 0 Å². The van der Waals surface area contributed by atoms with E-state index in [0.29, 0.717) is 11.4 Å². The van der Waals surface area contributed by atoms with Gasteiger partial charge in [0.2, 0.25) is 0 Å². The summed E-state index contributed by atoms with van der Waals surface area (Å²) >= 11 is 0. The van der Waals surface area contributed by atoms with Crippen LogP contribution in [-0.4, -0.2) is 19.6 Å². The zero-order chi connectivity index (χ0) is 41.6. The van der Waals surface area contributed by atoms with Crippen molar-refractivity contribution in [3.05, 3.63) is 193 Å². The lowest BCUT2D eigenvalue weighted by Crippen LogP contribution is -2.13. The number of fused-ring (bicyclic) bond motifs is 1. The Hall–Kier alpha value is -7.04. The van der Waals surface area contributed by atoms with Gasteiger partial charge in [-0.05, 0) is 122 Å². The van der Waals surface area contributed by atoms with Crippen LogP contribution in [0.3, 0.4) is 0 Å². The standard InChI is InChI=1S/C55H47N3O/c1-36(2)48-35-43(27-28-45(48)46-21-12-14-24-49(46)55(3,4)5)58-51-25-16-23-44(53(51)57-54(58)47-22-13-15-26-52(47)59)41-31-40(38-19-10-7-11-20-38)32-42(33-41)50-34-39(29-30-56-50)37-17-8-6-9-18-37/h6-36,59H,1-5H3/i36D. The Labute approximate surface area is 348 Å². The van der Waals surface area contributed by atoms with Crippen LogP contribution < -0.4 is 0 Å². The van der Waals surface area contributed by atoms with Crippen LogP contribution in [0.25, 0.3) is 83.9 Å². The molecule has 2 aromatic heterocycles. The number of nitrogens with zero attached hydrogens (tertiary/aromatic N) is 3. The Balaban J connectivity index is 1.28. The molecule has 0 atom stereocenters. The molecule has 0 bridgehead atoms. The molecule has 0 fully saturated rings. The maximum absolute atomic E-state index is 11.4. The predicted molar refractivity (Wildman–Crippen MR) is 246 cm³/mol. The summed E-state index contributed by atoms with van der Waals surface area (Å²) < 4.78 is 11.6. The second-order valence-electron chi connectivity index (χ2n) is 16.4. The summed E-state index contributed by atoms with van der Waals surface area (Å²) in [5.74, 6) is -0.165. The Morgan fingerprint density at radius 1 is 0.542 bits per heavy atom. The van der Waals surface area contributed by atoms with Gasteiger partial charge in [0.1, 0.15) is 11.6 Å². The van der Waals surface area contributed by atoms with Crippen LogP contribution in [0.5, 0.6) is 5.75 Å². The molecular weight excluding hydrogens is 719 g/mol. The second kappa shape index (κ2) is 15.4. The fourth-order valence-electron chi connectivity index (χ4n) is 8.26. The van der Waals surface area contributed by atoms with Crippen molar-refractivity contribution in [2.75, 3.05) is 0 Å². The highest BCUT2D eigenvalue weighted by Crippen LogP contribution is 2.42. The first-order chi connectivity index (χ1) is 28.9. The Bertz CT molecular complexity index is 3010. The Morgan fingerprint density at radius 2 is 1.17 bits per heavy atom. The van der Waals surface area contributed by atoms with Crippen molar-refractivity contribution in [3.8, 4) is 78.6 Å². The highest BCUT2D eigenvalue weighted by molar-refractivity contribution is 5.97. The van der Waals surface area contributed by atoms with Gasteiger partial charge < -0.3 is 5.11 Å². The van der Waals surface area contributed by atoms with Crippen molar-refractivity contribution in [2.24, 2.45) is 0 Å². The van der Waals surface area contributed by atoms with Crippen molar-refractivity contribution >= 4 is 11.0 Å². The first-order valence-electron chi connectivity index (χ1n) is 20.7. The number of aromatic nitrogens is 3. The SMILES string of the molecule is [2H]C(C)(C)c1cc(-n2c(-c3ccccc3O)nc3c(-c4cc(-c5ccccc5)cc(-c5cc(-c6ccccc6)ccn5)c4)cccc32)ccc1-c1ccccc1C(C)(C)C. The summed E-state index contributed by atoms with van der Waals surface area (Å²) in [5.41, 5.74) is 15.6. The van der Waals surface area contributed by atoms with E-state index < -0.39 is 5.89 Å². The molecule has 4 nitrogen and oxygen atoms in total. The third-order valence-electron chi connectivity index (χ3n) is 11.2. The largest absolute Gasteiger partial charge is 0.507 e. The summed E-state index contributed by atoms with van der Waals surface area (Å²) in [6.07, 6.45) is 1.88. The first-order valence-corrected chi connectivity index (χ1v) is 20.2. The van der Waals surface area contributed by atoms with Crippen LogP contribution in [-0.2, 0) is 5.41 Å². The molecule has 0 saturated heterocycles. The summed E-state index contributed by atoms with van der Waals surface area (Å²) in [6, 6.07) is 60.3. The molecule has 1 N–H and O–H groups in total. The van der Waals surface area contributed by atoms with Gasteiger partial charge in [0, 0.05) is 24.4 Å². The van der Waals surface area contributed by atoms with Gasteiger partial charge in [-0.3, -0.25) is 9.55 Å². The number of aromatic hydroxyl groups is 1. The number of para-hydroxylation sites is 2. The third kappa shape index (κ3) is 7.23. The van der Waals surface area contributed by atoms with Gasteiger partial charge in [-0.1, -0.05) is 150 Å². The van der Waals surface area contributed by atoms with Crippen LogP contribution >= 0.6 is 0 Å². The van der Waals surface area contributed by atoms with E-state index in [1.165, 1.54) is 5.56 Å². The van der Waals surface area contributed by atoms with Gasteiger partial charge in [0.15, 0.2) is 0 Å². The Kier molecular flexibility index (Phi) is 9.46. The van der Waals surface area contributed by atoms with Crippen molar-refractivity contribution in [2.45, 2.75) is 45.9 Å². The zero-order valence-electron chi connectivity index (χ0n) is 35.1. The molecule has 9 aromatic rings. The van der Waals surface area contributed by atoms with Gasteiger partial charge in [0.05, 0.1) is 22.3 Å². The number of phenols is 1. The summed E-state index contributed by atoms with van der Waals surface area (Å²) in [7, 11) is 0. The van der Waals surface area contributed by atoms with E-state index in [4.69, 9.17) is 9.97 Å². The minimum atomic E-state index is -0.924. The third-order valence-corrected chi connectivity index (χ3v) is 11.2. The summed E-state index contributed by atoms with van der Waals surface area (Å²) in [4.78, 5) is 10.3. The topological polar surface area (TPSA) is 50.9 Å². The molecule has 0 amide bonds. The quantitative estimate of drug-likeness (QED) is 0.168. The molecule has 9 rings (SSSR count). The lowest BCUT2D eigenvalue weighted by Gasteiger charge is -2.25. The number of benzene rings is 7. The van der Waals surface area contributed by atoms with Crippen molar-refractivity contribution < 1.29 is 6.48 Å². The van der Waals surface area contributed by atoms with E-state index in [1.54, 1.807) is 6.07 Å². The molecule has 59 heavy (non-hydrogen) atoms. The van der Waals surface area contributed by atoms with Gasteiger partial charge >= 0.3 is 0 Å². The Morgan fingerprint density at radius 3 is 1.88 bits per heavy atom. The number of rotatable bonds is 8. The first kappa shape index (κ1) is 36.3. The van der Waals surface area contributed by atoms with E-state index in [0.717, 1.165) is 78.0 Å². The smallest absolute Gasteiger partial charge is 0.149 e. The maximum atomic E-state index is 11.4. The zero-order valence-corrected chi connectivity index (χ0v) is 34.1. The number of pyridine rings is 1. The van der Waals surface area contributed by atoms with Crippen molar-refractivity contribution in [1.82, 2.24) is 14.5 Å². The highest BCUT2D eigenvalue weighted by Gasteiger charge is 2.24. The molecule has 0 saturated carbocycles. The second-order valence-corrected chi connectivity index (χ2v) is 16.4. The number of hydrogen-bond donors (Lipinski definition) is 1. The van der Waals surface area contributed by atoms with Gasteiger partial charge in [-0.2, -0.15) is 0 Å². The van der Waals surface area contributed by atoms with E-state index in [9.17, 15) is 6.48 Å². The van der Waals surface area contributed by atoms with Crippen molar-refractivity contribution in [3.63, 3.8) is 0 Å². The normalized spacial score (nSPS) is 12.1. The van der Waals surface area contributed by atoms with Gasteiger partial charge in [-0.25, -0.2) is 4.98 Å². The molecule has 0 aliphatic carbocycles. The minimum absolute atomic E-state index is 0.0912. The van der Waals surface area contributed by atoms with E-state index >= 15 is 0 Å². The molecule has 7 aromatic carbocycles. The fraction of sp³-hybridized carbons (Fsp3) is 0.127. The predicted octanol–water partition coefficient (Wildman–Crippen LogP) is 14.5. The minimum Gasteiger partial charge on any atom is -0.507 e. The van der Waals surface area contributed by atoms with Crippen molar-refractivity contribution in [1.29, 1.82) is 0 Å². The molecular formula is C55H47N3O. The fourth-order valence-corrected chi connectivity index (χ4v) is 8.26. The number of imidazole rings is 1. The van der Waals surface area contributed by atoms with E-state index in [1.807, 2.05) is 50.4 Å². The van der Waals surface area contributed by atoms with Gasteiger partial charge in [-0.15, -0.1) is 0 Å². The lowest BCUT2D eigenvalue weighted by molar-refractivity contribution is 0.477. The van der Waals surface area contributed by atoms with E-state index in [2.05, 4.69) is 165 Å². The molecule has 2 heterocycles. The van der Waals surface area contributed by atoms with Crippen LogP contribution in [0.15, 0.2) is 182 Å². The van der Waals surface area contributed by atoms with Crippen LogP contribution in [0.4, 0.5) is 0 Å². The lowest BCUT2D eigenvalue weighted by atomic mass is 9.80. The van der Waals surface area contributed by atoms with Crippen LogP contribution in [0, 0.1) is 0 Å². The highest BCUT2D eigenvalue weighted by atomic mass is 16.3. The number of phenolic OH excluding ortho intramolecular Hbond substituents is 1. The maximum Gasteiger partial charge on any atom is 0.149 e. The van der Waals surface area contributed by atoms with Crippen LogP contribution in [0.2, 0.25) is 0 Å². The molecule has 4 heteroatoms. The molecule has 0 radical (unpaired) electrons. The number of hydrogen-bond acceptors (Lipinski definition) is 3. The summed E-state index contributed by atoms with van der Waals surface area (Å²) in [5, 5.41) is 11.4. The average molecular weight is 767 g/mol. The molecule has 0 spiro atoms. The molecule has 0 aliphatic rings. The monoisotopic (exact) mass is 766 g/mol.